The van der Waals surface area contributed by atoms with Crippen molar-refractivity contribution in [2.24, 2.45) is 11.8 Å². The molecule has 1 heterocycles. The second kappa shape index (κ2) is 8.03. The highest BCUT2D eigenvalue weighted by Gasteiger charge is 2.47. The quantitative estimate of drug-likeness (QED) is 0.707. The summed E-state index contributed by atoms with van der Waals surface area (Å²) in [5.74, 6) is -2.82. The molecule has 2 fully saturated rings. The van der Waals surface area contributed by atoms with E-state index in [0.717, 1.165) is 25.0 Å². The van der Waals surface area contributed by atoms with Gasteiger partial charge in [-0.15, -0.1) is 0 Å². The van der Waals surface area contributed by atoms with Crippen LogP contribution in [-0.4, -0.2) is 25.1 Å². The first-order valence-electron chi connectivity index (χ1n) is 10.1. The highest BCUT2D eigenvalue weighted by atomic mass is 32.2. The van der Waals surface area contributed by atoms with Gasteiger partial charge in [-0.25, -0.2) is 17.2 Å². The summed E-state index contributed by atoms with van der Waals surface area (Å²) in [5, 5.41) is 0. The zero-order valence-electron chi connectivity index (χ0n) is 16.9. The van der Waals surface area contributed by atoms with E-state index in [2.05, 4.69) is 4.72 Å². The first kappa shape index (κ1) is 21.4. The molecular formula is C22H22F2N2O4S. The number of nitrogens with one attached hydrogen (secondary N) is 1. The van der Waals surface area contributed by atoms with E-state index < -0.39 is 21.7 Å². The molecule has 4 rings (SSSR count). The van der Waals surface area contributed by atoms with Crippen molar-refractivity contribution in [2.45, 2.75) is 44.0 Å². The lowest BCUT2D eigenvalue weighted by molar-refractivity contribution is -0.140. The van der Waals surface area contributed by atoms with E-state index in [1.54, 1.807) is 19.1 Å². The molecule has 2 unspecified atom stereocenters. The van der Waals surface area contributed by atoms with Crippen molar-refractivity contribution in [3.63, 3.8) is 0 Å². The largest absolute Gasteiger partial charge is 0.278 e. The van der Waals surface area contributed by atoms with Crippen molar-refractivity contribution >= 4 is 27.5 Å². The summed E-state index contributed by atoms with van der Waals surface area (Å²) in [4.78, 5) is 26.5. The Labute approximate surface area is 179 Å². The number of rotatable bonds is 5. The number of aryl methyl sites for hydroxylation is 1. The van der Waals surface area contributed by atoms with E-state index in [0.29, 0.717) is 30.0 Å². The van der Waals surface area contributed by atoms with Crippen molar-refractivity contribution in [3.05, 3.63) is 59.2 Å². The van der Waals surface area contributed by atoms with Gasteiger partial charge < -0.3 is 0 Å². The molecular weight excluding hydrogens is 426 g/mol. The van der Waals surface area contributed by atoms with Crippen LogP contribution in [0.1, 0.15) is 36.8 Å². The lowest BCUT2D eigenvalue weighted by atomic mass is 9.81. The molecule has 2 atom stereocenters. The summed E-state index contributed by atoms with van der Waals surface area (Å²) in [6.45, 7) is 1.57. The summed E-state index contributed by atoms with van der Waals surface area (Å²) in [5.41, 5.74) is 0.512. The molecule has 1 saturated heterocycles. The van der Waals surface area contributed by atoms with Gasteiger partial charge in [0.15, 0.2) is 0 Å². The Kier molecular flexibility index (Phi) is 5.55. The van der Waals surface area contributed by atoms with E-state index in [-0.39, 0.29) is 40.8 Å². The van der Waals surface area contributed by atoms with Crippen LogP contribution in [0.15, 0.2) is 41.3 Å². The first-order valence-corrected chi connectivity index (χ1v) is 11.6. The van der Waals surface area contributed by atoms with Gasteiger partial charge in [0.05, 0.1) is 29.0 Å². The fourth-order valence-electron chi connectivity index (χ4n) is 4.37. The maximum atomic E-state index is 13.9. The Hall–Kier alpha value is -2.81. The van der Waals surface area contributed by atoms with Crippen molar-refractivity contribution in [3.8, 4) is 0 Å². The average Bonchev–Trinajstić information content (AvgIpc) is 2.96. The fraction of sp³-hybridized carbons (Fsp3) is 0.364. The summed E-state index contributed by atoms with van der Waals surface area (Å²) >= 11 is 0. The summed E-state index contributed by atoms with van der Waals surface area (Å²) in [7, 11) is -4.18. The number of imide groups is 1. The minimum atomic E-state index is -4.18. The van der Waals surface area contributed by atoms with Gasteiger partial charge in [0.25, 0.3) is 10.0 Å². The second-order valence-corrected chi connectivity index (χ2v) is 9.74. The number of nitrogens with zero attached hydrogens (tertiary/aromatic N) is 1. The third kappa shape index (κ3) is 4.06. The van der Waals surface area contributed by atoms with Crippen LogP contribution in [0.5, 0.6) is 0 Å². The maximum Gasteiger partial charge on any atom is 0.262 e. The number of likely N-dealkylation sites (tertiary alicyclic amines) is 1. The van der Waals surface area contributed by atoms with Gasteiger partial charge in [-0.2, -0.15) is 0 Å². The molecule has 6 nitrogen and oxygen atoms in total. The molecule has 31 heavy (non-hydrogen) atoms. The van der Waals surface area contributed by atoms with Crippen molar-refractivity contribution in [1.29, 1.82) is 0 Å². The number of fused-ring (bicyclic) bond motifs is 1. The highest BCUT2D eigenvalue weighted by molar-refractivity contribution is 7.92. The summed E-state index contributed by atoms with van der Waals surface area (Å²) < 4.78 is 54.9. The molecule has 2 aromatic carbocycles. The highest BCUT2D eigenvalue weighted by Crippen LogP contribution is 2.38. The molecule has 9 heteroatoms. The topological polar surface area (TPSA) is 83.6 Å². The average molecular weight is 448 g/mol. The molecule has 1 aliphatic carbocycles. The Morgan fingerprint density at radius 1 is 1.00 bits per heavy atom. The molecule has 2 aromatic rings. The number of halogens is 2. The van der Waals surface area contributed by atoms with Gasteiger partial charge in [-0.05, 0) is 49.1 Å². The second-order valence-electron chi connectivity index (χ2n) is 8.09. The van der Waals surface area contributed by atoms with Crippen LogP contribution in [0.25, 0.3) is 0 Å². The summed E-state index contributed by atoms with van der Waals surface area (Å²) in [6, 6.07) is 7.16. The van der Waals surface area contributed by atoms with Crippen LogP contribution in [0, 0.1) is 30.4 Å². The molecule has 2 aliphatic rings. The molecule has 164 valence electrons. The molecule has 0 bridgehead atoms. The van der Waals surface area contributed by atoms with Crippen molar-refractivity contribution < 1.29 is 26.8 Å². The van der Waals surface area contributed by atoms with Crippen molar-refractivity contribution in [1.82, 2.24) is 4.90 Å². The minimum Gasteiger partial charge on any atom is -0.278 e. The number of benzene rings is 2. The van der Waals surface area contributed by atoms with Crippen LogP contribution < -0.4 is 4.72 Å². The predicted molar refractivity (Wildman–Crippen MR) is 109 cm³/mol. The van der Waals surface area contributed by atoms with Crippen LogP contribution >= 0.6 is 0 Å². The van der Waals surface area contributed by atoms with Gasteiger partial charge in [0.2, 0.25) is 11.8 Å². The fourth-order valence-corrected chi connectivity index (χ4v) is 5.74. The van der Waals surface area contributed by atoms with E-state index in [1.165, 1.54) is 11.0 Å². The Balaban J connectivity index is 1.60. The van der Waals surface area contributed by atoms with Crippen LogP contribution in [0.3, 0.4) is 0 Å². The van der Waals surface area contributed by atoms with E-state index in [9.17, 15) is 26.8 Å². The molecule has 2 amide bonds. The van der Waals surface area contributed by atoms with Gasteiger partial charge in [-0.1, -0.05) is 25.0 Å². The third-order valence-electron chi connectivity index (χ3n) is 5.99. The molecule has 0 radical (unpaired) electrons. The predicted octanol–water partition coefficient (Wildman–Crippen LogP) is 3.75. The van der Waals surface area contributed by atoms with E-state index in [1.807, 2.05) is 0 Å². The van der Waals surface area contributed by atoms with E-state index in [4.69, 9.17) is 0 Å². The maximum absolute atomic E-state index is 13.9. The van der Waals surface area contributed by atoms with Crippen LogP contribution in [0.2, 0.25) is 0 Å². The van der Waals surface area contributed by atoms with Gasteiger partial charge >= 0.3 is 0 Å². The lowest BCUT2D eigenvalue weighted by Crippen LogP contribution is -2.30. The number of sulfonamides is 1. The Morgan fingerprint density at radius 3 is 2.26 bits per heavy atom. The van der Waals surface area contributed by atoms with Crippen molar-refractivity contribution in [2.75, 3.05) is 4.72 Å². The van der Waals surface area contributed by atoms with Crippen LogP contribution in [0.4, 0.5) is 14.5 Å². The van der Waals surface area contributed by atoms with Gasteiger partial charge in [-0.3, -0.25) is 19.2 Å². The standard InChI is InChI=1S/C22H22F2N2O4S/c1-13-6-7-14(12-26-21(27)16-4-2-3-5-17(16)22(26)28)10-20(13)31(29,30)25-19-9-8-15(23)11-18(19)24/h6-11,16-17,25H,2-5,12H2,1H3. The molecule has 0 spiro atoms. The van der Waals surface area contributed by atoms with Gasteiger partial charge in [0, 0.05) is 6.07 Å². The number of hydrogen-bond acceptors (Lipinski definition) is 4. The molecule has 1 N–H and O–H groups in total. The molecule has 0 aromatic heterocycles. The minimum absolute atomic E-state index is 0.0155. The Bertz CT molecular complexity index is 1140. The van der Waals surface area contributed by atoms with Crippen LogP contribution in [-0.2, 0) is 26.2 Å². The normalized spacial score (nSPS) is 21.3. The molecule has 1 aliphatic heterocycles. The zero-order chi connectivity index (χ0) is 22.3. The Morgan fingerprint density at radius 2 is 1.65 bits per heavy atom. The lowest BCUT2D eigenvalue weighted by Gasteiger charge is -2.19. The first-order chi connectivity index (χ1) is 14.7. The SMILES string of the molecule is Cc1ccc(CN2C(=O)C3CCCCC3C2=O)cc1S(=O)(=O)Nc1ccc(F)cc1F. The van der Waals surface area contributed by atoms with E-state index >= 15 is 0 Å². The van der Waals surface area contributed by atoms with Gasteiger partial charge in [0.1, 0.15) is 11.6 Å². The number of anilines is 1. The zero-order valence-corrected chi connectivity index (χ0v) is 17.7. The molecule has 1 saturated carbocycles. The summed E-state index contributed by atoms with van der Waals surface area (Å²) in [6.07, 6.45) is 3.25. The number of carbonyl (C=O) groups is 2. The number of hydrogen-bond donors (Lipinski definition) is 1. The number of amides is 2. The monoisotopic (exact) mass is 448 g/mol. The third-order valence-corrected chi connectivity index (χ3v) is 7.50. The smallest absolute Gasteiger partial charge is 0.262 e. The number of carbonyl (C=O) groups excluding carboxylic acids is 2.